The molecule has 2 aromatic heterocycles. The average molecular weight is 921 g/mol. The molecule has 0 saturated heterocycles. The van der Waals surface area contributed by atoms with Crippen LogP contribution < -0.4 is 20.1 Å². The van der Waals surface area contributed by atoms with Gasteiger partial charge in [-0.25, -0.2) is 29.5 Å². The minimum Gasteiger partial charge on any atom is -0.489 e. The number of anilines is 2. The number of nitrogens with zero attached hydrogens (tertiary/aromatic N) is 4. The van der Waals surface area contributed by atoms with Crippen molar-refractivity contribution in [3.05, 3.63) is 216 Å². The first-order valence-electron chi connectivity index (χ1n) is 21.9. The van der Waals surface area contributed by atoms with E-state index in [1.54, 1.807) is 24.3 Å². The summed E-state index contributed by atoms with van der Waals surface area (Å²) in [4.78, 5) is 65.3. The van der Waals surface area contributed by atoms with E-state index in [1.165, 1.54) is 19.8 Å². The van der Waals surface area contributed by atoms with Crippen molar-refractivity contribution in [3.8, 4) is 34.0 Å². The Bertz CT molecular complexity index is 2910. The van der Waals surface area contributed by atoms with Gasteiger partial charge in [-0.2, -0.15) is 0 Å². The van der Waals surface area contributed by atoms with Crippen LogP contribution in [0.25, 0.3) is 22.5 Å². The number of aldehydes is 2. The number of carbonyl (C=O) groups excluding carboxylic acids is 3. The van der Waals surface area contributed by atoms with Crippen LogP contribution in [0.4, 0.5) is 11.6 Å². The number of nitrogens with one attached hydrogen (secondary N) is 2. The van der Waals surface area contributed by atoms with Crippen molar-refractivity contribution in [2.45, 2.75) is 38.1 Å². The number of aromatic nitrogens is 4. The molecular weight excluding hydrogens is 873 g/mol. The quantitative estimate of drug-likeness (QED) is 0.0484. The topological polar surface area (TPSA) is 192 Å². The fraction of sp³-hybridized carbons (Fsp3) is 0.127. The molecule has 14 nitrogen and oxygen atoms in total. The van der Waals surface area contributed by atoms with Gasteiger partial charge in [-0.3, -0.25) is 9.59 Å². The molecule has 8 rings (SSSR count). The van der Waals surface area contributed by atoms with Crippen molar-refractivity contribution in [1.82, 2.24) is 19.9 Å². The molecule has 0 aliphatic carbocycles. The Morgan fingerprint density at radius 1 is 0.507 bits per heavy atom. The van der Waals surface area contributed by atoms with E-state index in [2.05, 4.69) is 30.6 Å². The molecule has 14 heteroatoms. The molecule has 2 unspecified atom stereocenters. The molecule has 2 heterocycles. The maximum Gasteiger partial charge on any atom is 0.328 e. The second-order valence-corrected chi connectivity index (χ2v) is 15.4. The zero-order valence-corrected chi connectivity index (χ0v) is 37.6. The first kappa shape index (κ1) is 47.9. The molecule has 0 bridgehead atoms. The first-order valence-corrected chi connectivity index (χ1v) is 21.9. The molecule has 0 amide bonds. The maximum absolute atomic E-state index is 12.4. The lowest BCUT2D eigenvalue weighted by Crippen LogP contribution is -2.33. The number of hydrogen-bond acceptors (Lipinski definition) is 13. The minimum absolute atomic E-state index is 0.174. The Morgan fingerprint density at radius 3 is 1.23 bits per heavy atom. The number of benzene rings is 6. The lowest BCUT2D eigenvalue weighted by atomic mass is 10.0. The molecule has 0 spiro atoms. The fourth-order valence-corrected chi connectivity index (χ4v) is 7.17. The van der Waals surface area contributed by atoms with Crippen molar-refractivity contribution >= 4 is 36.1 Å². The van der Waals surface area contributed by atoms with E-state index in [0.29, 0.717) is 60.7 Å². The minimum atomic E-state index is -1.04. The third-order valence-corrected chi connectivity index (χ3v) is 10.7. The predicted octanol–water partition coefficient (Wildman–Crippen LogP) is 9.37. The van der Waals surface area contributed by atoms with Crippen molar-refractivity contribution in [1.29, 1.82) is 0 Å². The van der Waals surface area contributed by atoms with E-state index >= 15 is 0 Å². The number of carboxylic acids is 1. The highest BCUT2D eigenvalue weighted by Crippen LogP contribution is 2.29. The van der Waals surface area contributed by atoms with E-state index < -0.39 is 24.0 Å². The highest BCUT2D eigenvalue weighted by atomic mass is 16.5. The standard InChI is InChI=1S/C28H25N3O4.C27H23N3O4/c1-34-28(33)25(16-20-8-4-2-5-9-20)31-27-24(17-32)26(29-19-30-27)22-12-14-23(15-13-22)35-18-21-10-6-3-7-11-21;31-16-23-25(21-11-13-22(14-12-21)34-17-20-9-5-2-6-10-20)28-18-29-26(23)30-24(27(32)33)15-19-7-3-1-4-8-19/h2-15,17,19,25H,16,18H2,1H3,(H,29,30,31);1-14,16,18,24H,15,17H2,(H,32,33)(H,28,29,30). The number of hydrogen-bond donors (Lipinski definition) is 3. The average Bonchev–Trinajstić information content (AvgIpc) is 3.40. The van der Waals surface area contributed by atoms with Gasteiger partial charge in [-0.15, -0.1) is 0 Å². The van der Waals surface area contributed by atoms with Crippen LogP contribution in [0.3, 0.4) is 0 Å². The van der Waals surface area contributed by atoms with Gasteiger partial charge in [-0.05, 0) is 70.8 Å². The predicted molar refractivity (Wildman–Crippen MR) is 262 cm³/mol. The zero-order valence-electron chi connectivity index (χ0n) is 37.6. The van der Waals surface area contributed by atoms with Crippen LogP contribution in [0.1, 0.15) is 43.0 Å². The maximum atomic E-state index is 12.4. The molecule has 8 aromatic rings. The number of rotatable bonds is 20. The van der Waals surface area contributed by atoms with Gasteiger partial charge >= 0.3 is 11.9 Å². The van der Waals surface area contributed by atoms with Gasteiger partial charge in [-0.1, -0.05) is 121 Å². The highest BCUT2D eigenvalue weighted by Gasteiger charge is 2.24. The Hall–Kier alpha value is -9.04. The Balaban J connectivity index is 0.000000204. The van der Waals surface area contributed by atoms with Crippen molar-refractivity contribution in [2.75, 3.05) is 17.7 Å². The Kier molecular flexibility index (Phi) is 17.0. The second kappa shape index (κ2) is 24.5. The lowest BCUT2D eigenvalue weighted by molar-refractivity contribution is -0.141. The molecule has 69 heavy (non-hydrogen) atoms. The molecule has 0 saturated carbocycles. The summed E-state index contributed by atoms with van der Waals surface area (Å²) in [6.45, 7) is 0.900. The molecule has 2 atom stereocenters. The van der Waals surface area contributed by atoms with Gasteiger partial charge < -0.3 is 30.0 Å². The summed E-state index contributed by atoms with van der Waals surface area (Å²) in [7, 11) is 1.33. The summed E-state index contributed by atoms with van der Waals surface area (Å²) in [6.07, 6.45) is 4.61. The van der Waals surface area contributed by atoms with Crippen molar-refractivity contribution in [2.24, 2.45) is 0 Å². The summed E-state index contributed by atoms with van der Waals surface area (Å²) in [5.41, 5.74) is 6.66. The Labute approximate surface area is 399 Å². The van der Waals surface area contributed by atoms with Crippen LogP contribution in [0, 0.1) is 0 Å². The van der Waals surface area contributed by atoms with Crippen LogP contribution in [-0.4, -0.2) is 68.7 Å². The summed E-state index contributed by atoms with van der Waals surface area (Å²) in [5.74, 6) is 0.327. The number of methoxy groups -OCH3 is 1. The van der Waals surface area contributed by atoms with Gasteiger partial charge in [0.05, 0.1) is 29.6 Å². The highest BCUT2D eigenvalue weighted by molar-refractivity contribution is 5.94. The number of carbonyl (C=O) groups is 4. The zero-order chi connectivity index (χ0) is 48.2. The van der Waals surface area contributed by atoms with Gasteiger partial charge in [0, 0.05) is 24.0 Å². The van der Waals surface area contributed by atoms with E-state index in [4.69, 9.17) is 14.2 Å². The van der Waals surface area contributed by atoms with Gasteiger partial charge in [0.2, 0.25) is 0 Å². The van der Waals surface area contributed by atoms with Crippen LogP contribution in [0.2, 0.25) is 0 Å². The molecule has 0 radical (unpaired) electrons. The van der Waals surface area contributed by atoms with Gasteiger partial charge in [0.15, 0.2) is 12.6 Å². The van der Waals surface area contributed by atoms with Crippen molar-refractivity contribution in [3.63, 3.8) is 0 Å². The van der Waals surface area contributed by atoms with Crippen LogP contribution in [0.15, 0.2) is 183 Å². The van der Waals surface area contributed by atoms with E-state index in [1.807, 2.05) is 146 Å². The third kappa shape index (κ3) is 13.5. The van der Waals surface area contributed by atoms with E-state index in [0.717, 1.165) is 27.8 Å². The molecular formula is C55H48N6O8. The van der Waals surface area contributed by atoms with E-state index in [-0.39, 0.29) is 29.2 Å². The fourth-order valence-electron chi connectivity index (χ4n) is 7.17. The van der Waals surface area contributed by atoms with E-state index in [9.17, 15) is 24.3 Å². The van der Waals surface area contributed by atoms with Crippen LogP contribution in [0.5, 0.6) is 11.5 Å². The van der Waals surface area contributed by atoms with Crippen LogP contribution in [-0.2, 0) is 40.4 Å². The molecule has 6 aromatic carbocycles. The van der Waals surface area contributed by atoms with Gasteiger partial charge in [0.25, 0.3) is 0 Å². The second-order valence-electron chi connectivity index (χ2n) is 15.4. The van der Waals surface area contributed by atoms with Crippen LogP contribution >= 0.6 is 0 Å². The Morgan fingerprint density at radius 2 is 0.870 bits per heavy atom. The number of ether oxygens (including phenoxy) is 3. The third-order valence-electron chi connectivity index (χ3n) is 10.7. The lowest BCUT2D eigenvalue weighted by Gasteiger charge is -2.19. The smallest absolute Gasteiger partial charge is 0.328 e. The van der Waals surface area contributed by atoms with Gasteiger partial charge in [0.1, 0.15) is 61.1 Å². The summed E-state index contributed by atoms with van der Waals surface area (Å²) >= 11 is 0. The molecule has 0 fully saturated rings. The largest absolute Gasteiger partial charge is 0.489 e. The monoisotopic (exact) mass is 920 g/mol. The van der Waals surface area contributed by atoms with Crippen molar-refractivity contribution < 1.29 is 38.5 Å². The number of aliphatic carboxylic acids is 1. The summed E-state index contributed by atoms with van der Waals surface area (Å²) in [5, 5.41) is 15.7. The molecule has 346 valence electrons. The molecule has 0 aliphatic heterocycles. The molecule has 0 aliphatic rings. The normalized spacial score (nSPS) is 11.4. The number of esters is 1. The number of carboxylic acid groups (broad SMARTS) is 1. The summed E-state index contributed by atoms with van der Waals surface area (Å²) in [6, 6.07) is 51.4. The first-order chi connectivity index (χ1) is 33.8. The molecule has 3 N–H and O–H groups in total. The SMILES string of the molecule is COC(=O)C(Cc1ccccc1)Nc1ncnc(-c2ccc(OCc3ccccc3)cc2)c1C=O.O=Cc1c(NC(Cc2ccccc2)C(=O)O)ncnc1-c1ccc(OCc2ccccc2)cc1. The summed E-state index contributed by atoms with van der Waals surface area (Å²) < 4.78 is 16.6.